The van der Waals surface area contributed by atoms with Gasteiger partial charge in [-0.2, -0.15) is 5.10 Å². The zero-order valence-corrected chi connectivity index (χ0v) is 17.4. The second-order valence-electron chi connectivity index (χ2n) is 7.49. The highest BCUT2D eigenvalue weighted by Gasteiger charge is 2.16. The molecule has 0 spiro atoms. The minimum Gasteiger partial charge on any atom is -0.318 e. The molecule has 0 aliphatic carbocycles. The lowest BCUT2D eigenvalue weighted by Gasteiger charge is -2.13. The molecule has 0 radical (unpaired) electrons. The molecule has 0 unspecified atom stereocenters. The molecular formula is C24H26N4. The van der Waals surface area contributed by atoms with Gasteiger partial charge < -0.3 is 4.57 Å². The molecule has 0 aliphatic rings. The lowest BCUT2D eigenvalue weighted by atomic mass is 10.1. The van der Waals surface area contributed by atoms with Crippen LogP contribution in [0.25, 0.3) is 22.8 Å². The number of hydrogen-bond acceptors (Lipinski definition) is 2. The predicted octanol–water partition coefficient (Wildman–Crippen LogP) is 5.58. The summed E-state index contributed by atoms with van der Waals surface area (Å²) < 4.78 is 4.28. The van der Waals surface area contributed by atoms with Crippen LogP contribution in [-0.2, 0) is 0 Å². The first kappa shape index (κ1) is 18.2. The third-order valence-corrected chi connectivity index (χ3v) is 5.75. The lowest BCUT2D eigenvalue weighted by Crippen LogP contribution is -2.04. The van der Waals surface area contributed by atoms with Crippen LogP contribution >= 0.6 is 0 Å². The Morgan fingerprint density at radius 3 is 2.04 bits per heavy atom. The summed E-state index contributed by atoms with van der Waals surface area (Å²) in [5.41, 5.74) is 9.71. The van der Waals surface area contributed by atoms with E-state index in [1.165, 1.54) is 28.1 Å². The highest BCUT2D eigenvalue weighted by atomic mass is 15.3. The van der Waals surface area contributed by atoms with E-state index in [9.17, 15) is 0 Å². The van der Waals surface area contributed by atoms with Crippen molar-refractivity contribution in [2.75, 3.05) is 0 Å². The smallest absolute Gasteiger partial charge is 0.163 e. The summed E-state index contributed by atoms with van der Waals surface area (Å²) in [6.07, 6.45) is 0. The van der Waals surface area contributed by atoms with E-state index in [0.29, 0.717) is 0 Å². The zero-order valence-electron chi connectivity index (χ0n) is 17.4. The Morgan fingerprint density at radius 2 is 1.36 bits per heavy atom. The van der Waals surface area contributed by atoms with E-state index in [1.807, 2.05) is 17.7 Å². The molecule has 2 aromatic heterocycles. The molecule has 0 bridgehead atoms. The molecule has 142 valence electrons. The molecule has 0 N–H and O–H groups in total. The summed E-state index contributed by atoms with van der Waals surface area (Å²) >= 11 is 0. The molecule has 4 rings (SSSR count). The van der Waals surface area contributed by atoms with E-state index < -0.39 is 0 Å². The van der Waals surface area contributed by atoms with E-state index in [1.54, 1.807) is 0 Å². The summed E-state index contributed by atoms with van der Waals surface area (Å²) in [4.78, 5) is 4.72. The lowest BCUT2D eigenvalue weighted by molar-refractivity contribution is 0.863. The van der Waals surface area contributed by atoms with Crippen molar-refractivity contribution >= 4 is 0 Å². The average Bonchev–Trinajstić information content (AvgIpc) is 3.16. The Balaban J connectivity index is 1.89. The third-order valence-electron chi connectivity index (χ3n) is 5.75. The van der Waals surface area contributed by atoms with E-state index in [4.69, 9.17) is 10.1 Å². The van der Waals surface area contributed by atoms with Crippen molar-refractivity contribution in [1.29, 1.82) is 0 Å². The van der Waals surface area contributed by atoms with Crippen LogP contribution < -0.4 is 0 Å². The molecule has 4 aromatic rings. The fourth-order valence-electron chi connectivity index (χ4n) is 3.87. The molecule has 0 fully saturated rings. The molecule has 28 heavy (non-hydrogen) atoms. The molecule has 0 saturated heterocycles. The van der Waals surface area contributed by atoms with Gasteiger partial charge in [-0.05, 0) is 76.4 Å². The molecule has 0 amide bonds. The monoisotopic (exact) mass is 370 g/mol. The number of aromatic nitrogens is 4. The van der Waals surface area contributed by atoms with Crippen molar-refractivity contribution in [2.45, 2.75) is 41.5 Å². The van der Waals surface area contributed by atoms with Crippen LogP contribution in [0.5, 0.6) is 0 Å². The van der Waals surface area contributed by atoms with Crippen LogP contribution in [0.3, 0.4) is 0 Å². The average molecular weight is 371 g/mol. The number of hydrogen-bond donors (Lipinski definition) is 0. The summed E-state index contributed by atoms with van der Waals surface area (Å²) in [5, 5.41) is 4.70. The fourth-order valence-corrected chi connectivity index (χ4v) is 3.87. The van der Waals surface area contributed by atoms with E-state index in [2.05, 4.69) is 81.7 Å². The largest absolute Gasteiger partial charge is 0.318 e. The summed E-state index contributed by atoms with van der Waals surface area (Å²) in [5.74, 6) is 1.64. The molecular weight excluding hydrogens is 344 g/mol. The van der Waals surface area contributed by atoms with Crippen LogP contribution in [0.1, 0.15) is 33.9 Å². The minimum atomic E-state index is 0.767. The Labute approximate surface area is 166 Å². The topological polar surface area (TPSA) is 35.6 Å². The highest BCUT2D eigenvalue weighted by Crippen LogP contribution is 2.28. The SMILES string of the molecule is Cc1nc(-c2ccccc2C)n(-c2cccc(-n3c(C)c(C)c(C)c3C)c2)n1. The minimum absolute atomic E-state index is 0.767. The van der Waals surface area contributed by atoms with Crippen LogP contribution in [0.15, 0.2) is 48.5 Å². The van der Waals surface area contributed by atoms with Crippen LogP contribution in [-0.4, -0.2) is 19.3 Å². The van der Waals surface area contributed by atoms with Crippen LogP contribution in [0.4, 0.5) is 0 Å². The second-order valence-corrected chi connectivity index (χ2v) is 7.49. The number of nitrogens with zero attached hydrogens (tertiary/aromatic N) is 4. The van der Waals surface area contributed by atoms with Gasteiger partial charge >= 0.3 is 0 Å². The Morgan fingerprint density at radius 1 is 0.714 bits per heavy atom. The van der Waals surface area contributed by atoms with Crippen molar-refractivity contribution in [3.63, 3.8) is 0 Å². The van der Waals surface area contributed by atoms with Gasteiger partial charge in [0.1, 0.15) is 5.82 Å². The second kappa shape index (κ2) is 6.79. The van der Waals surface area contributed by atoms with Crippen LogP contribution in [0, 0.1) is 41.5 Å². The summed E-state index contributed by atoms with van der Waals surface area (Å²) in [6.45, 7) is 12.8. The normalized spacial score (nSPS) is 11.2. The van der Waals surface area contributed by atoms with Crippen molar-refractivity contribution in [2.24, 2.45) is 0 Å². The summed E-state index contributed by atoms with van der Waals surface area (Å²) in [7, 11) is 0. The molecule has 4 nitrogen and oxygen atoms in total. The standard InChI is InChI=1S/C24H26N4/c1-15-10-7-8-13-23(15)24-25-20(6)26-28(24)22-12-9-11-21(14-22)27-18(4)16(2)17(3)19(27)5/h7-14H,1-6H3. The summed E-state index contributed by atoms with van der Waals surface area (Å²) in [6, 6.07) is 16.8. The molecule has 4 heteroatoms. The third kappa shape index (κ3) is 2.85. The first-order valence-electron chi connectivity index (χ1n) is 9.64. The van der Waals surface area contributed by atoms with Crippen LogP contribution in [0.2, 0.25) is 0 Å². The fraction of sp³-hybridized carbons (Fsp3) is 0.250. The first-order valence-corrected chi connectivity index (χ1v) is 9.64. The van der Waals surface area contributed by atoms with Gasteiger partial charge in [0.15, 0.2) is 5.82 Å². The predicted molar refractivity (Wildman–Crippen MR) is 115 cm³/mol. The van der Waals surface area contributed by atoms with Gasteiger partial charge in [0, 0.05) is 22.6 Å². The molecule has 2 aromatic carbocycles. The van der Waals surface area contributed by atoms with E-state index >= 15 is 0 Å². The van der Waals surface area contributed by atoms with Gasteiger partial charge in [0.05, 0.1) is 5.69 Å². The Kier molecular flexibility index (Phi) is 4.42. The van der Waals surface area contributed by atoms with Gasteiger partial charge in [-0.15, -0.1) is 0 Å². The number of aryl methyl sites for hydroxylation is 2. The van der Waals surface area contributed by atoms with Crippen molar-refractivity contribution < 1.29 is 0 Å². The van der Waals surface area contributed by atoms with Gasteiger partial charge in [-0.1, -0.05) is 30.3 Å². The molecule has 0 atom stereocenters. The number of rotatable bonds is 3. The first-order chi connectivity index (χ1) is 13.4. The maximum Gasteiger partial charge on any atom is 0.163 e. The maximum atomic E-state index is 4.72. The van der Waals surface area contributed by atoms with Crippen molar-refractivity contribution in [1.82, 2.24) is 19.3 Å². The van der Waals surface area contributed by atoms with E-state index in [0.717, 1.165) is 28.6 Å². The van der Waals surface area contributed by atoms with Crippen molar-refractivity contribution in [3.05, 3.63) is 82.4 Å². The van der Waals surface area contributed by atoms with Gasteiger partial charge in [0.2, 0.25) is 0 Å². The number of benzene rings is 2. The molecule has 2 heterocycles. The van der Waals surface area contributed by atoms with Gasteiger partial charge in [0.25, 0.3) is 0 Å². The molecule has 0 saturated carbocycles. The van der Waals surface area contributed by atoms with Crippen molar-refractivity contribution in [3.8, 4) is 22.8 Å². The quantitative estimate of drug-likeness (QED) is 0.472. The highest BCUT2D eigenvalue weighted by molar-refractivity contribution is 5.63. The maximum absolute atomic E-state index is 4.72. The zero-order chi connectivity index (χ0) is 20.0. The Bertz CT molecular complexity index is 1150. The Hall–Kier alpha value is -3.14. The van der Waals surface area contributed by atoms with Gasteiger partial charge in [-0.3, -0.25) is 0 Å². The van der Waals surface area contributed by atoms with E-state index in [-0.39, 0.29) is 0 Å². The van der Waals surface area contributed by atoms with Gasteiger partial charge in [-0.25, -0.2) is 9.67 Å². The molecule has 0 aliphatic heterocycles.